The number of aromatic amines is 1. The molecule has 6 heteroatoms. The lowest BCUT2D eigenvalue weighted by molar-refractivity contribution is 0.0933. The molecule has 128 valence electrons. The standard InChI is InChI=1S/C18H23N3O3/c1-23-15-8-13(9-16(10-15)24-2)11-21-7-5-14(12-21)20-18(22)17-4-3-6-19-17/h3-4,6,8-10,14,19H,5,7,11-12H2,1-2H3,(H,20,22). The minimum Gasteiger partial charge on any atom is -0.497 e. The molecule has 2 N–H and O–H groups in total. The number of ether oxygens (including phenoxy) is 2. The molecule has 1 aliphatic rings. The fraction of sp³-hybridized carbons (Fsp3) is 0.389. The molecule has 0 saturated carbocycles. The molecular formula is C18H23N3O3. The molecule has 0 bridgehead atoms. The average molecular weight is 329 g/mol. The lowest BCUT2D eigenvalue weighted by Crippen LogP contribution is -2.37. The van der Waals surface area contributed by atoms with Crippen molar-refractivity contribution in [3.8, 4) is 11.5 Å². The molecule has 6 nitrogen and oxygen atoms in total. The van der Waals surface area contributed by atoms with E-state index in [0.29, 0.717) is 5.69 Å². The summed E-state index contributed by atoms with van der Waals surface area (Å²) < 4.78 is 10.6. The number of carbonyl (C=O) groups excluding carboxylic acids is 1. The van der Waals surface area contributed by atoms with Crippen LogP contribution in [0, 0.1) is 0 Å². The van der Waals surface area contributed by atoms with Gasteiger partial charge in [-0.15, -0.1) is 0 Å². The van der Waals surface area contributed by atoms with Crippen LogP contribution >= 0.6 is 0 Å². The van der Waals surface area contributed by atoms with Crippen LogP contribution < -0.4 is 14.8 Å². The number of hydrogen-bond donors (Lipinski definition) is 2. The van der Waals surface area contributed by atoms with Crippen molar-refractivity contribution >= 4 is 5.91 Å². The molecule has 1 saturated heterocycles. The van der Waals surface area contributed by atoms with E-state index in [0.717, 1.165) is 43.1 Å². The molecule has 2 aromatic rings. The summed E-state index contributed by atoms with van der Waals surface area (Å²) in [6, 6.07) is 9.69. The van der Waals surface area contributed by atoms with Gasteiger partial charge in [-0.2, -0.15) is 0 Å². The lowest BCUT2D eigenvalue weighted by atomic mass is 10.2. The highest BCUT2D eigenvalue weighted by Crippen LogP contribution is 2.24. The molecule has 0 spiro atoms. The number of amides is 1. The number of carbonyl (C=O) groups is 1. The Morgan fingerprint density at radius 2 is 2.04 bits per heavy atom. The van der Waals surface area contributed by atoms with E-state index >= 15 is 0 Å². The maximum absolute atomic E-state index is 12.1. The van der Waals surface area contributed by atoms with Crippen molar-refractivity contribution in [2.45, 2.75) is 19.0 Å². The summed E-state index contributed by atoms with van der Waals surface area (Å²) in [5.41, 5.74) is 1.74. The zero-order valence-corrected chi connectivity index (χ0v) is 14.0. The Morgan fingerprint density at radius 3 is 2.67 bits per heavy atom. The second-order valence-corrected chi connectivity index (χ2v) is 6.00. The second kappa shape index (κ2) is 7.40. The molecule has 1 amide bonds. The van der Waals surface area contributed by atoms with E-state index in [1.165, 1.54) is 0 Å². The monoisotopic (exact) mass is 329 g/mol. The van der Waals surface area contributed by atoms with Gasteiger partial charge in [0, 0.05) is 37.9 Å². The SMILES string of the molecule is COc1cc(CN2CCC(NC(=O)c3ccc[nH]3)C2)cc(OC)c1. The van der Waals surface area contributed by atoms with Crippen molar-refractivity contribution in [3.05, 3.63) is 47.8 Å². The number of benzene rings is 1. The van der Waals surface area contributed by atoms with E-state index in [2.05, 4.69) is 15.2 Å². The molecule has 3 rings (SSSR count). The minimum absolute atomic E-state index is 0.0464. The fourth-order valence-corrected chi connectivity index (χ4v) is 3.04. The first kappa shape index (κ1) is 16.4. The molecule has 1 atom stereocenters. The number of aromatic nitrogens is 1. The van der Waals surface area contributed by atoms with E-state index in [1.54, 1.807) is 26.5 Å². The highest BCUT2D eigenvalue weighted by Gasteiger charge is 2.24. The van der Waals surface area contributed by atoms with Crippen LogP contribution in [-0.2, 0) is 6.54 Å². The van der Waals surface area contributed by atoms with Crippen molar-refractivity contribution < 1.29 is 14.3 Å². The van der Waals surface area contributed by atoms with Gasteiger partial charge in [0.15, 0.2) is 0 Å². The van der Waals surface area contributed by atoms with Gasteiger partial charge in [-0.1, -0.05) is 0 Å². The van der Waals surface area contributed by atoms with Crippen LogP contribution in [0.3, 0.4) is 0 Å². The third-order valence-corrected chi connectivity index (χ3v) is 4.27. The quantitative estimate of drug-likeness (QED) is 0.851. The molecule has 1 aliphatic heterocycles. The Hall–Kier alpha value is -2.47. The predicted octanol–water partition coefficient (Wildman–Crippen LogP) is 2.04. The molecule has 0 radical (unpaired) electrons. The van der Waals surface area contributed by atoms with Crippen molar-refractivity contribution in [2.24, 2.45) is 0 Å². The van der Waals surface area contributed by atoms with Crippen LogP contribution in [0.4, 0.5) is 0 Å². The number of likely N-dealkylation sites (tertiary alicyclic amines) is 1. The third-order valence-electron chi connectivity index (χ3n) is 4.27. The van der Waals surface area contributed by atoms with Crippen molar-refractivity contribution in [3.63, 3.8) is 0 Å². The van der Waals surface area contributed by atoms with E-state index in [1.807, 2.05) is 24.3 Å². The van der Waals surface area contributed by atoms with Crippen LogP contribution in [0.15, 0.2) is 36.5 Å². The Bertz CT molecular complexity index is 663. The Labute approximate surface area is 141 Å². The van der Waals surface area contributed by atoms with Crippen LogP contribution in [0.2, 0.25) is 0 Å². The van der Waals surface area contributed by atoms with Crippen LogP contribution in [0.1, 0.15) is 22.5 Å². The Morgan fingerprint density at radius 1 is 1.29 bits per heavy atom. The summed E-state index contributed by atoms with van der Waals surface area (Å²) in [6.07, 6.45) is 2.71. The summed E-state index contributed by atoms with van der Waals surface area (Å²) in [5.74, 6) is 1.54. The predicted molar refractivity (Wildman–Crippen MR) is 91.5 cm³/mol. The smallest absolute Gasteiger partial charge is 0.267 e. The summed E-state index contributed by atoms with van der Waals surface area (Å²) in [5, 5.41) is 3.08. The van der Waals surface area contributed by atoms with Gasteiger partial charge >= 0.3 is 0 Å². The van der Waals surface area contributed by atoms with Gasteiger partial charge in [0.05, 0.1) is 14.2 Å². The zero-order chi connectivity index (χ0) is 16.9. The van der Waals surface area contributed by atoms with Crippen LogP contribution in [0.5, 0.6) is 11.5 Å². The Kier molecular flexibility index (Phi) is 5.05. The van der Waals surface area contributed by atoms with Gasteiger partial charge in [0.1, 0.15) is 17.2 Å². The first-order valence-electron chi connectivity index (χ1n) is 8.06. The van der Waals surface area contributed by atoms with Crippen LogP contribution in [-0.4, -0.2) is 49.1 Å². The number of nitrogens with one attached hydrogen (secondary N) is 2. The summed E-state index contributed by atoms with van der Waals surface area (Å²) in [7, 11) is 3.31. The first-order chi connectivity index (χ1) is 11.7. The minimum atomic E-state index is -0.0464. The fourth-order valence-electron chi connectivity index (χ4n) is 3.04. The van der Waals surface area contributed by atoms with Crippen molar-refractivity contribution in [2.75, 3.05) is 27.3 Å². The van der Waals surface area contributed by atoms with E-state index < -0.39 is 0 Å². The lowest BCUT2D eigenvalue weighted by Gasteiger charge is -2.17. The number of H-pyrrole nitrogens is 1. The van der Waals surface area contributed by atoms with Crippen molar-refractivity contribution in [1.29, 1.82) is 0 Å². The average Bonchev–Trinajstić information content (AvgIpc) is 3.26. The third kappa shape index (κ3) is 3.89. The molecule has 1 unspecified atom stereocenters. The van der Waals surface area contributed by atoms with Gasteiger partial charge in [0.2, 0.25) is 0 Å². The van der Waals surface area contributed by atoms with Gasteiger partial charge < -0.3 is 19.8 Å². The van der Waals surface area contributed by atoms with Crippen LogP contribution in [0.25, 0.3) is 0 Å². The topological polar surface area (TPSA) is 66.6 Å². The highest BCUT2D eigenvalue weighted by molar-refractivity contribution is 5.92. The Balaban J connectivity index is 1.57. The van der Waals surface area contributed by atoms with E-state index in [-0.39, 0.29) is 11.9 Å². The van der Waals surface area contributed by atoms with Gasteiger partial charge in [-0.05, 0) is 36.2 Å². The molecule has 1 aromatic heterocycles. The molecular weight excluding hydrogens is 306 g/mol. The highest BCUT2D eigenvalue weighted by atomic mass is 16.5. The summed E-state index contributed by atoms with van der Waals surface area (Å²) in [6.45, 7) is 2.60. The second-order valence-electron chi connectivity index (χ2n) is 6.00. The number of methoxy groups -OCH3 is 2. The molecule has 0 aliphatic carbocycles. The molecule has 24 heavy (non-hydrogen) atoms. The summed E-state index contributed by atoms with van der Waals surface area (Å²) >= 11 is 0. The molecule has 2 heterocycles. The molecule has 1 fully saturated rings. The maximum Gasteiger partial charge on any atom is 0.267 e. The maximum atomic E-state index is 12.1. The van der Waals surface area contributed by atoms with Gasteiger partial charge in [-0.3, -0.25) is 9.69 Å². The zero-order valence-electron chi connectivity index (χ0n) is 14.0. The van der Waals surface area contributed by atoms with E-state index in [4.69, 9.17) is 9.47 Å². The first-order valence-corrected chi connectivity index (χ1v) is 8.06. The number of nitrogens with zero attached hydrogens (tertiary/aromatic N) is 1. The normalized spacial score (nSPS) is 17.7. The number of hydrogen-bond acceptors (Lipinski definition) is 4. The van der Waals surface area contributed by atoms with Gasteiger partial charge in [0.25, 0.3) is 5.91 Å². The van der Waals surface area contributed by atoms with E-state index in [9.17, 15) is 4.79 Å². The van der Waals surface area contributed by atoms with Crippen molar-refractivity contribution in [1.82, 2.24) is 15.2 Å². The summed E-state index contributed by atoms with van der Waals surface area (Å²) in [4.78, 5) is 17.4. The molecule has 1 aromatic carbocycles. The number of rotatable bonds is 6. The van der Waals surface area contributed by atoms with Gasteiger partial charge in [-0.25, -0.2) is 0 Å². The largest absolute Gasteiger partial charge is 0.497 e.